The van der Waals surface area contributed by atoms with Crippen LogP contribution in [-0.2, 0) is 0 Å². The molecule has 0 aliphatic carbocycles. The fraction of sp³-hybridized carbons (Fsp3) is 0.529. The molecule has 0 atom stereocenters. The summed E-state index contributed by atoms with van der Waals surface area (Å²) in [4.78, 5) is 0. The number of hydrogen-bond acceptors (Lipinski definition) is 1. The van der Waals surface area contributed by atoms with Crippen molar-refractivity contribution in [1.29, 1.82) is 0 Å². The van der Waals surface area contributed by atoms with Gasteiger partial charge in [0.25, 0.3) is 0 Å². The zero-order valence-electron chi connectivity index (χ0n) is 12.7. The third-order valence-corrected chi connectivity index (χ3v) is 4.08. The average molecular weight is 373 g/mol. The van der Waals surface area contributed by atoms with Crippen molar-refractivity contribution in [2.75, 3.05) is 13.1 Å². The SMILES string of the molecule is C=C/C(=C\C=C(\C)CCCN(I)CC)C/C=C\CC. The summed E-state index contributed by atoms with van der Waals surface area (Å²) in [5.41, 5.74) is 2.73. The molecule has 0 amide bonds. The summed E-state index contributed by atoms with van der Waals surface area (Å²) in [7, 11) is 0. The molecule has 0 aliphatic heterocycles. The second-order valence-corrected chi connectivity index (χ2v) is 6.01. The predicted octanol–water partition coefficient (Wildman–Crippen LogP) is 5.85. The van der Waals surface area contributed by atoms with Gasteiger partial charge in [0.1, 0.15) is 0 Å². The lowest BCUT2D eigenvalue weighted by Gasteiger charge is -2.10. The third-order valence-electron chi connectivity index (χ3n) is 2.92. The first-order chi connectivity index (χ1) is 9.13. The molecule has 0 rings (SSSR count). The number of halogens is 1. The second-order valence-electron chi connectivity index (χ2n) is 4.65. The first-order valence-corrected chi connectivity index (χ1v) is 8.15. The van der Waals surface area contributed by atoms with Gasteiger partial charge in [0.2, 0.25) is 0 Å². The Bertz CT molecular complexity index is 326. The zero-order valence-corrected chi connectivity index (χ0v) is 14.8. The van der Waals surface area contributed by atoms with E-state index in [1.807, 2.05) is 6.08 Å². The van der Waals surface area contributed by atoms with E-state index in [0.717, 1.165) is 19.4 Å². The Labute approximate surface area is 133 Å². The van der Waals surface area contributed by atoms with Crippen molar-refractivity contribution in [2.45, 2.75) is 46.5 Å². The molecule has 0 unspecified atom stereocenters. The highest BCUT2D eigenvalue weighted by Crippen LogP contribution is 2.10. The van der Waals surface area contributed by atoms with Gasteiger partial charge in [0.15, 0.2) is 0 Å². The summed E-state index contributed by atoms with van der Waals surface area (Å²) in [6.07, 6.45) is 15.3. The van der Waals surface area contributed by atoms with E-state index in [2.05, 4.69) is 77.6 Å². The predicted molar refractivity (Wildman–Crippen MR) is 96.6 cm³/mol. The Morgan fingerprint density at radius 1 is 1.21 bits per heavy atom. The molecule has 108 valence electrons. The summed E-state index contributed by atoms with van der Waals surface area (Å²) >= 11 is 2.39. The van der Waals surface area contributed by atoms with Crippen LogP contribution in [0.5, 0.6) is 0 Å². The van der Waals surface area contributed by atoms with E-state index in [1.165, 1.54) is 30.5 Å². The van der Waals surface area contributed by atoms with Gasteiger partial charge in [-0.1, -0.05) is 56.4 Å². The lowest BCUT2D eigenvalue weighted by Crippen LogP contribution is -2.11. The molecule has 1 nitrogen and oxygen atoms in total. The number of nitrogens with zero attached hydrogens (tertiary/aromatic N) is 1. The number of hydrogen-bond donors (Lipinski definition) is 0. The lowest BCUT2D eigenvalue weighted by atomic mass is 10.1. The summed E-state index contributed by atoms with van der Waals surface area (Å²) in [6, 6.07) is 0. The maximum atomic E-state index is 3.88. The van der Waals surface area contributed by atoms with Gasteiger partial charge in [-0.3, -0.25) is 0 Å². The van der Waals surface area contributed by atoms with Crippen LogP contribution in [-0.4, -0.2) is 16.2 Å². The van der Waals surface area contributed by atoms with Gasteiger partial charge < -0.3 is 0 Å². The van der Waals surface area contributed by atoms with Gasteiger partial charge in [-0.25, -0.2) is 3.11 Å². The fourth-order valence-corrected chi connectivity index (χ4v) is 1.97. The molecule has 0 spiro atoms. The molecule has 0 fully saturated rings. The molecule has 0 aromatic rings. The molecule has 0 heterocycles. The van der Waals surface area contributed by atoms with E-state index in [9.17, 15) is 0 Å². The maximum Gasteiger partial charge on any atom is 0.0201 e. The van der Waals surface area contributed by atoms with Crippen molar-refractivity contribution >= 4 is 22.9 Å². The highest BCUT2D eigenvalue weighted by molar-refractivity contribution is 14.1. The van der Waals surface area contributed by atoms with Gasteiger partial charge >= 0.3 is 0 Å². The van der Waals surface area contributed by atoms with Crippen molar-refractivity contribution < 1.29 is 0 Å². The second kappa shape index (κ2) is 12.7. The zero-order chi connectivity index (χ0) is 14.5. The minimum absolute atomic E-state index is 0.985. The lowest BCUT2D eigenvalue weighted by molar-refractivity contribution is 0.518. The Morgan fingerprint density at radius 3 is 2.53 bits per heavy atom. The van der Waals surface area contributed by atoms with E-state index >= 15 is 0 Å². The molecule has 0 aromatic carbocycles. The van der Waals surface area contributed by atoms with Crippen molar-refractivity contribution in [3.63, 3.8) is 0 Å². The minimum Gasteiger partial charge on any atom is -0.248 e. The first-order valence-electron chi connectivity index (χ1n) is 7.18. The Hall–Kier alpha value is -0.350. The highest BCUT2D eigenvalue weighted by Gasteiger charge is 1.96. The number of allylic oxidation sites excluding steroid dienone is 7. The van der Waals surface area contributed by atoms with E-state index in [0.29, 0.717) is 0 Å². The quantitative estimate of drug-likeness (QED) is 0.201. The van der Waals surface area contributed by atoms with Crippen LogP contribution in [0, 0.1) is 0 Å². The summed E-state index contributed by atoms with van der Waals surface area (Å²) in [6.45, 7) is 12.7. The normalized spacial score (nSPS) is 13.5. The van der Waals surface area contributed by atoms with Crippen LogP contribution in [0.2, 0.25) is 0 Å². The molecular formula is C17H28IN. The van der Waals surface area contributed by atoms with Gasteiger partial charge in [-0.05, 0) is 38.2 Å². The standard InChI is InChI=1S/C17H28IN/c1-5-8-9-12-17(6-2)14-13-16(4)11-10-15-19(18)7-3/h6,8-9,13-14H,2,5,7,10-12,15H2,1,3-4H3/b9-8-,16-13-,17-14+. The van der Waals surface area contributed by atoms with Crippen LogP contribution >= 0.6 is 22.9 Å². The van der Waals surface area contributed by atoms with E-state index in [4.69, 9.17) is 0 Å². The van der Waals surface area contributed by atoms with Crippen LogP contribution in [0.3, 0.4) is 0 Å². The molecule has 0 saturated carbocycles. The van der Waals surface area contributed by atoms with Gasteiger partial charge in [-0.15, -0.1) is 0 Å². The van der Waals surface area contributed by atoms with E-state index in [1.54, 1.807) is 0 Å². The van der Waals surface area contributed by atoms with Crippen LogP contribution < -0.4 is 0 Å². The van der Waals surface area contributed by atoms with Gasteiger partial charge in [0.05, 0.1) is 0 Å². The molecule has 0 aliphatic rings. The summed E-state index contributed by atoms with van der Waals surface area (Å²) in [5, 5.41) is 0. The molecular weight excluding hydrogens is 345 g/mol. The average Bonchev–Trinajstić information content (AvgIpc) is 2.42. The molecule has 0 aromatic heterocycles. The smallest absolute Gasteiger partial charge is 0.0201 e. The minimum atomic E-state index is 0.985. The van der Waals surface area contributed by atoms with E-state index in [-0.39, 0.29) is 0 Å². The Morgan fingerprint density at radius 2 is 1.95 bits per heavy atom. The third kappa shape index (κ3) is 11.2. The van der Waals surface area contributed by atoms with Crippen LogP contribution in [0.4, 0.5) is 0 Å². The highest BCUT2D eigenvalue weighted by atomic mass is 127. The molecule has 0 N–H and O–H groups in total. The van der Waals surface area contributed by atoms with Crippen LogP contribution in [0.25, 0.3) is 0 Å². The Kier molecular flexibility index (Phi) is 12.4. The van der Waals surface area contributed by atoms with Gasteiger partial charge in [-0.2, -0.15) is 0 Å². The van der Waals surface area contributed by atoms with Crippen LogP contribution in [0.1, 0.15) is 46.5 Å². The molecule has 2 heteroatoms. The molecule has 0 saturated heterocycles. The largest absolute Gasteiger partial charge is 0.248 e. The first kappa shape index (κ1) is 18.7. The van der Waals surface area contributed by atoms with Crippen molar-refractivity contribution in [3.05, 3.63) is 48.1 Å². The summed E-state index contributed by atoms with van der Waals surface area (Å²) < 4.78 is 2.32. The molecule has 0 radical (unpaired) electrons. The summed E-state index contributed by atoms with van der Waals surface area (Å²) in [5.74, 6) is 0. The van der Waals surface area contributed by atoms with Gasteiger partial charge in [0, 0.05) is 36.0 Å². The number of rotatable bonds is 10. The van der Waals surface area contributed by atoms with E-state index < -0.39 is 0 Å². The van der Waals surface area contributed by atoms with Crippen molar-refractivity contribution in [2.24, 2.45) is 0 Å². The Balaban J connectivity index is 4.17. The monoisotopic (exact) mass is 373 g/mol. The van der Waals surface area contributed by atoms with Crippen molar-refractivity contribution in [3.8, 4) is 0 Å². The molecule has 19 heavy (non-hydrogen) atoms. The van der Waals surface area contributed by atoms with Crippen molar-refractivity contribution in [1.82, 2.24) is 3.11 Å². The van der Waals surface area contributed by atoms with Crippen LogP contribution in [0.15, 0.2) is 48.1 Å². The molecule has 0 bridgehead atoms. The topological polar surface area (TPSA) is 3.24 Å². The fourth-order valence-electron chi connectivity index (χ4n) is 1.63. The maximum absolute atomic E-state index is 3.88.